The first-order valence-electron chi connectivity index (χ1n) is 16.5. The van der Waals surface area contributed by atoms with Crippen LogP contribution in [-0.4, -0.2) is 79.8 Å². The molecule has 0 spiro atoms. The molecule has 0 amide bonds. The van der Waals surface area contributed by atoms with Gasteiger partial charge in [-0.15, -0.1) is 0 Å². The smallest absolute Gasteiger partial charge is 0.330 e. The third kappa shape index (κ3) is 9.93. The summed E-state index contributed by atoms with van der Waals surface area (Å²) in [6.07, 6.45) is 4.25. The Morgan fingerprint density at radius 1 is 0.977 bits per heavy atom. The first-order valence-corrected chi connectivity index (χ1v) is 21.5. The van der Waals surface area contributed by atoms with Crippen LogP contribution in [0.15, 0.2) is 23.8 Å². The van der Waals surface area contributed by atoms with Crippen LogP contribution in [0, 0.1) is 5.41 Å². The fourth-order valence-electron chi connectivity index (χ4n) is 6.24. The highest BCUT2D eigenvalue weighted by molar-refractivity contribution is 6.74. The van der Waals surface area contributed by atoms with Crippen LogP contribution in [0.1, 0.15) is 81.6 Å². The molecule has 1 aliphatic heterocycles. The van der Waals surface area contributed by atoms with Crippen molar-refractivity contribution in [2.24, 2.45) is 5.41 Å². The molecule has 254 valence electrons. The lowest BCUT2D eigenvalue weighted by atomic mass is 9.74. The van der Waals surface area contributed by atoms with E-state index in [1.54, 1.807) is 13.0 Å². The third-order valence-corrected chi connectivity index (χ3v) is 19.1. The van der Waals surface area contributed by atoms with Crippen LogP contribution in [-0.2, 0) is 42.2 Å². The molecule has 0 saturated carbocycles. The van der Waals surface area contributed by atoms with Gasteiger partial charge in [-0.2, -0.15) is 0 Å². The number of carbonyl (C=O) groups excluding carboxylic acids is 3. The molecule has 1 rings (SSSR count). The SMILES string of the molecule is CCC(=O)O[C@H]1/C(=C/C(=O)OC)C[C@@H](CC(CO[Si](CC)(CC)CC)O[Si](CC)(CC)CC)O[C@@]1(OC)C(C)(C)/C=C/C=O. The molecule has 1 heterocycles. The Labute approximate surface area is 268 Å². The molecule has 1 fully saturated rings. The van der Waals surface area contributed by atoms with E-state index in [0.29, 0.717) is 31.3 Å². The normalized spacial score (nSPS) is 23.1. The van der Waals surface area contributed by atoms with Crippen LogP contribution in [0.5, 0.6) is 0 Å². The van der Waals surface area contributed by atoms with E-state index in [2.05, 4.69) is 41.5 Å². The maximum atomic E-state index is 12.7. The maximum Gasteiger partial charge on any atom is 0.330 e. The highest BCUT2D eigenvalue weighted by Gasteiger charge is 2.59. The molecular weight excluding hydrogens is 597 g/mol. The summed E-state index contributed by atoms with van der Waals surface area (Å²) < 4.78 is 37.9. The van der Waals surface area contributed by atoms with Crippen molar-refractivity contribution in [1.29, 1.82) is 0 Å². The minimum atomic E-state index is -2.04. The number of hydrogen-bond acceptors (Lipinski definition) is 9. The van der Waals surface area contributed by atoms with Gasteiger partial charge >= 0.3 is 11.9 Å². The highest BCUT2D eigenvalue weighted by atomic mass is 28.4. The summed E-state index contributed by atoms with van der Waals surface area (Å²) in [5.41, 5.74) is -0.445. The van der Waals surface area contributed by atoms with E-state index in [9.17, 15) is 14.4 Å². The van der Waals surface area contributed by atoms with Gasteiger partial charge in [-0.25, -0.2) is 4.79 Å². The largest absolute Gasteiger partial charge is 0.466 e. The first kappa shape index (κ1) is 40.4. The predicted molar refractivity (Wildman–Crippen MR) is 178 cm³/mol. The molecule has 0 radical (unpaired) electrons. The molecule has 0 aliphatic carbocycles. The number of aldehydes is 1. The van der Waals surface area contributed by atoms with Gasteiger partial charge < -0.3 is 27.8 Å². The van der Waals surface area contributed by atoms with Crippen LogP contribution in [0.25, 0.3) is 0 Å². The molecule has 0 bridgehead atoms. The summed E-state index contributed by atoms with van der Waals surface area (Å²) in [7, 11) is -1.15. The Bertz CT molecular complexity index is 956. The fourth-order valence-corrected chi connectivity index (χ4v) is 11.8. The quantitative estimate of drug-likeness (QED) is 0.0586. The Balaban J connectivity index is 3.78. The molecular formula is C33H60O9Si2. The molecule has 4 atom stereocenters. The molecule has 0 aromatic rings. The summed E-state index contributed by atoms with van der Waals surface area (Å²) in [6.45, 7) is 19.1. The Morgan fingerprint density at radius 3 is 2.00 bits per heavy atom. The van der Waals surface area contributed by atoms with E-state index in [1.807, 2.05) is 13.8 Å². The number of esters is 2. The van der Waals surface area contributed by atoms with Gasteiger partial charge in [0.1, 0.15) is 6.29 Å². The average Bonchev–Trinajstić information content (AvgIpc) is 3.04. The third-order valence-electron chi connectivity index (χ3n) is 9.71. The van der Waals surface area contributed by atoms with Crippen molar-refractivity contribution in [3.63, 3.8) is 0 Å². The first-order chi connectivity index (χ1) is 20.8. The van der Waals surface area contributed by atoms with Gasteiger partial charge in [0.2, 0.25) is 5.79 Å². The molecule has 44 heavy (non-hydrogen) atoms. The van der Waals surface area contributed by atoms with E-state index in [0.717, 1.165) is 36.3 Å². The van der Waals surface area contributed by atoms with Crippen LogP contribution >= 0.6 is 0 Å². The zero-order valence-corrected chi connectivity index (χ0v) is 31.3. The summed E-state index contributed by atoms with van der Waals surface area (Å²) in [4.78, 5) is 36.7. The highest BCUT2D eigenvalue weighted by Crippen LogP contribution is 2.49. The van der Waals surface area contributed by atoms with Gasteiger partial charge in [0, 0.05) is 31.4 Å². The topological polar surface area (TPSA) is 107 Å². The van der Waals surface area contributed by atoms with Gasteiger partial charge in [0.25, 0.3) is 0 Å². The molecule has 11 heteroatoms. The zero-order chi connectivity index (χ0) is 33.6. The fraction of sp³-hybridized carbons (Fsp3) is 0.788. The molecule has 0 aromatic carbocycles. The van der Waals surface area contributed by atoms with E-state index in [1.165, 1.54) is 26.4 Å². The molecule has 1 aliphatic rings. The molecule has 0 aromatic heterocycles. The van der Waals surface area contributed by atoms with Gasteiger partial charge in [-0.1, -0.05) is 68.4 Å². The van der Waals surface area contributed by atoms with Crippen molar-refractivity contribution in [2.45, 2.75) is 142 Å². The summed E-state index contributed by atoms with van der Waals surface area (Å²) in [5.74, 6) is -2.60. The van der Waals surface area contributed by atoms with E-state index in [-0.39, 0.29) is 12.5 Å². The van der Waals surface area contributed by atoms with E-state index in [4.69, 9.17) is 27.8 Å². The number of allylic oxidation sites excluding steroid dienone is 1. The van der Waals surface area contributed by atoms with E-state index < -0.39 is 52.0 Å². The van der Waals surface area contributed by atoms with Crippen molar-refractivity contribution < 1.29 is 42.2 Å². The summed E-state index contributed by atoms with van der Waals surface area (Å²) in [5, 5.41) is 0. The second kappa shape index (κ2) is 18.5. The lowest BCUT2D eigenvalue weighted by Gasteiger charge is -2.53. The second-order valence-electron chi connectivity index (χ2n) is 12.3. The van der Waals surface area contributed by atoms with Crippen molar-refractivity contribution in [3.8, 4) is 0 Å². The average molecular weight is 657 g/mol. The van der Waals surface area contributed by atoms with Crippen molar-refractivity contribution >= 4 is 34.9 Å². The zero-order valence-electron chi connectivity index (χ0n) is 29.3. The minimum absolute atomic E-state index is 0.124. The molecule has 9 nitrogen and oxygen atoms in total. The number of carbonyl (C=O) groups is 3. The molecule has 0 N–H and O–H groups in total. The van der Waals surface area contributed by atoms with Gasteiger partial charge in [0.05, 0.1) is 25.9 Å². The number of methoxy groups -OCH3 is 2. The monoisotopic (exact) mass is 656 g/mol. The molecule has 1 unspecified atom stereocenters. The minimum Gasteiger partial charge on any atom is -0.466 e. The number of rotatable bonds is 20. The van der Waals surface area contributed by atoms with Crippen LogP contribution < -0.4 is 0 Å². The van der Waals surface area contributed by atoms with Gasteiger partial charge in [0.15, 0.2) is 22.7 Å². The number of ether oxygens (including phenoxy) is 4. The Morgan fingerprint density at radius 2 is 1.55 bits per heavy atom. The van der Waals surface area contributed by atoms with Gasteiger partial charge in [-0.05, 0) is 54.3 Å². The van der Waals surface area contributed by atoms with Crippen LogP contribution in [0.4, 0.5) is 0 Å². The molecule has 1 saturated heterocycles. The van der Waals surface area contributed by atoms with Crippen molar-refractivity contribution in [3.05, 3.63) is 23.8 Å². The predicted octanol–water partition coefficient (Wildman–Crippen LogP) is 7.12. The lowest BCUT2D eigenvalue weighted by molar-refractivity contribution is -0.338. The number of hydrogen-bond donors (Lipinski definition) is 0. The van der Waals surface area contributed by atoms with Crippen LogP contribution in [0.2, 0.25) is 36.3 Å². The lowest BCUT2D eigenvalue weighted by Crippen LogP contribution is -2.63. The summed E-state index contributed by atoms with van der Waals surface area (Å²) >= 11 is 0. The van der Waals surface area contributed by atoms with E-state index >= 15 is 0 Å². The van der Waals surface area contributed by atoms with Crippen molar-refractivity contribution in [1.82, 2.24) is 0 Å². The van der Waals surface area contributed by atoms with Crippen molar-refractivity contribution in [2.75, 3.05) is 20.8 Å². The Kier molecular flexibility index (Phi) is 17.0. The Hall–Kier alpha value is -1.64. The standard InChI is InChI=1S/C33H60O9Si2/c1-12-29(35)40-31-26(23-30(36)37-10)22-27(41-33(31,38-11)32(8,9)20-19-21-34)24-28(42-44(16-5,17-6)18-7)25-39-43(13-2,14-3)15-4/h19-21,23,27-28,31H,12-18,22,24-25H2,1-11H3/b20-19+,26-23+/t27-,28?,31-,33+/m0/s1. The summed E-state index contributed by atoms with van der Waals surface area (Å²) in [6, 6.07) is 6.08. The maximum absolute atomic E-state index is 12.7. The second-order valence-corrected chi connectivity index (χ2v) is 21.8. The van der Waals surface area contributed by atoms with Crippen LogP contribution in [0.3, 0.4) is 0 Å². The van der Waals surface area contributed by atoms with Gasteiger partial charge in [-0.3, -0.25) is 9.59 Å².